The van der Waals surface area contributed by atoms with E-state index in [2.05, 4.69) is 369 Å². The number of rotatable bonds is 22. The van der Waals surface area contributed by atoms with E-state index in [1.807, 2.05) is 27.7 Å². The number of aliphatic hydroxyl groups excluding tert-OH is 4. The van der Waals surface area contributed by atoms with Crippen molar-refractivity contribution in [2.45, 2.75) is 260 Å². The largest absolute Gasteiger partial charge is 0 e. The van der Waals surface area contributed by atoms with Crippen LogP contribution in [0.3, 0.4) is 0 Å². The number of halogens is 4. The maximum atomic E-state index is 10.3. The summed E-state index contributed by atoms with van der Waals surface area (Å²) in [6.07, 6.45) is 0. The number of nitrogens with zero attached hydrogens (tertiary/aromatic N) is 4. The van der Waals surface area contributed by atoms with Crippen LogP contribution in [0, 0.1) is 217 Å². The van der Waals surface area contributed by atoms with Gasteiger partial charge in [-0.15, -0.1) is 0 Å². The van der Waals surface area contributed by atoms with Gasteiger partial charge in [-0.1, -0.05) is 308 Å². The molecule has 0 aromatic heterocycles. The van der Waals surface area contributed by atoms with E-state index in [4.69, 9.17) is 57.6 Å². The maximum Gasteiger partial charge on any atom is 0 e. The van der Waals surface area contributed by atoms with Crippen LogP contribution in [0.2, 0.25) is 0 Å². The minimum Gasteiger partial charge on any atom is 0 e. The van der Waals surface area contributed by atoms with Gasteiger partial charge < -0.3 is 71.3 Å². The third-order valence-corrected chi connectivity index (χ3v) is 31.7. The van der Waals surface area contributed by atoms with Crippen molar-refractivity contribution >= 4 is 37.2 Å². The zero-order valence-corrected chi connectivity index (χ0v) is 102. The van der Waals surface area contributed by atoms with Crippen molar-refractivity contribution in [3.8, 4) is 11.5 Å². The summed E-state index contributed by atoms with van der Waals surface area (Å²) in [5.74, 6) is 19.5. The number of aliphatic hydroxyl groups is 4. The fraction of sp³-hybridized carbons (Fsp3) is 0.559. The molecule has 0 radical (unpaired) electrons. The van der Waals surface area contributed by atoms with E-state index >= 15 is 0 Å². The zero-order chi connectivity index (χ0) is 99.1. The second-order valence-corrected chi connectivity index (χ2v) is 44.1. The van der Waals surface area contributed by atoms with Gasteiger partial charge in [0, 0.05) is 150 Å². The molecular formula is C118H196Cl4N4O8Ti4-4. The molecule has 4 aliphatic rings. The van der Waals surface area contributed by atoms with Gasteiger partial charge in [0.2, 0.25) is 0 Å². The fourth-order valence-electron chi connectivity index (χ4n) is 20.1. The summed E-state index contributed by atoms with van der Waals surface area (Å²) in [6.45, 7) is 80.2. The second kappa shape index (κ2) is 81.0. The van der Waals surface area contributed by atoms with E-state index in [0.717, 1.165) is 248 Å². The van der Waals surface area contributed by atoms with Crippen LogP contribution in [0.25, 0.3) is 0 Å². The predicted molar refractivity (Wildman–Crippen MR) is 591 cm³/mol. The quantitative estimate of drug-likeness (QED) is 0.0280. The Balaban J connectivity index is -0.000000258. The molecule has 20 heteroatoms. The van der Waals surface area contributed by atoms with Crippen molar-refractivity contribution in [1.82, 2.24) is 19.6 Å². The van der Waals surface area contributed by atoms with Crippen LogP contribution in [0.15, 0.2) is 170 Å². The van der Waals surface area contributed by atoms with Gasteiger partial charge in [0.1, 0.15) is 11.5 Å². The molecule has 4 saturated carbocycles. The molecule has 0 unspecified atom stereocenters. The monoisotopic (exact) mass is 2130 g/mol. The van der Waals surface area contributed by atoms with E-state index in [1.165, 1.54) is 77.9 Å². The van der Waals surface area contributed by atoms with Gasteiger partial charge in [-0.25, -0.2) is 0 Å². The van der Waals surface area contributed by atoms with Crippen molar-refractivity contribution in [1.29, 1.82) is 0 Å². The standard InChI is InChI=1S/2C35H42N2O.4C10H20.4CH4O.4CH3.4ClH.2H2O.4Ti/c2*1-26-18-33(19-27(2)30(26)5)24-36(22-31-12-8-6-9-13-31)16-17-37(23-32-14-10-7-11-15-32)25-34-20-28(3)35(38)29(4)21-34;4*1-6-7(2)9(4)10(5)8(6)3;4*1-2;;;;;;;;;;;;;;/h2*6-15,18-21,38H,16-17,22-25H2,1-5H3;4*6-10H,1-5H3;4*2H,1H3;4*1H3;4*1H;2*1H2;;;;/q;;;;;;;;;;4*-1;;;;;;;;;2*+2/p-4. The summed E-state index contributed by atoms with van der Waals surface area (Å²) in [5.41, 5.74) is 22.5. The van der Waals surface area contributed by atoms with E-state index in [9.17, 15) is 10.2 Å². The maximum absolute atomic E-state index is 10.3. The summed E-state index contributed by atoms with van der Waals surface area (Å²) in [4.78, 5) is 10.2. The van der Waals surface area contributed by atoms with Gasteiger partial charge in [0.15, 0.2) is 0 Å². The van der Waals surface area contributed by atoms with Gasteiger partial charge >= 0.3 is 71.3 Å². The van der Waals surface area contributed by atoms with Crippen LogP contribution in [0.5, 0.6) is 11.5 Å². The minimum atomic E-state index is -0.556. The molecule has 784 valence electrons. The van der Waals surface area contributed by atoms with E-state index < -0.39 is 34.1 Å². The van der Waals surface area contributed by atoms with Crippen LogP contribution in [-0.4, -0.2) is 116 Å². The smallest absolute Gasteiger partial charge is 0 e. The van der Waals surface area contributed by atoms with Gasteiger partial charge in [0.25, 0.3) is 0 Å². The first-order chi connectivity index (χ1) is 61.6. The first kappa shape index (κ1) is 150. The summed E-state index contributed by atoms with van der Waals surface area (Å²) < 4.78 is 0. The molecule has 0 aliphatic heterocycles. The van der Waals surface area contributed by atoms with Crippen molar-refractivity contribution in [2.75, 3.05) is 54.6 Å². The summed E-state index contributed by atoms with van der Waals surface area (Å²) in [5, 5.41) is 48.6. The first-order valence-electron chi connectivity index (χ1n) is 48.1. The average molecular weight is 2130 g/mol. The molecule has 12 nitrogen and oxygen atoms in total. The molecule has 0 spiro atoms. The van der Waals surface area contributed by atoms with E-state index in [1.54, 1.807) is 0 Å². The molecule has 0 bridgehead atoms. The van der Waals surface area contributed by atoms with Gasteiger partial charge in [-0.3, -0.25) is 19.6 Å². The number of hydrogen-bond acceptors (Lipinski definition) is 10. The van der Waals surface area contributed by atoms with Crippen molar-refractivity contribution in [3.05, 3.63) is 300 Å². The first-order valence-corrected chi connectivity index (χ1v) is 56.7. The number of hydrogen-bond donors (Lipinski definition) is 6. The Morgan fingerprint density at radius 1 is 0.210 bits per heavy atom. The SMILES string of the molecule is CC1C(C)C(C)C(C)C1C.CC1C(C)C(C)C(C)C1C.CC1C(C)C(C)C(C)C1C.CC1C(C)C(C)C(C)C1C.CO.CO.CO.CO.Cc1cc(CN(CCN(Cc2ccccc2)Cc2cc(C)c(O)c(C)c2)Cc2ccccc2)cc(C)c1C.Cc1cc(CN(CCN(Cc2ccccc2)Cc2cc(C)c(O)c(C)c2)Cc2ccccc2)cc(C)c1C.O.O.[CH3-].[CH3-].[CH3-].[CH3-].[Cl][Ti][Cl].[Cl][Ti][Cl].[Ti].[Ti]. The third kappa shape index (κ3) is 50.1. The van der Waals surface area contributed by atoms with Crippen molar-refractivity contribution in [3.63, 3.8) is 0 Å². The number of aryl methyl sites for hydroxylation is 8. The van der Waals surface area contributed by atoms with Gasteiger partial charge in [0.05, 0.1) is 0 Å². The summed E-state index contributed by atoms with van der Waals surface area (Å²) in [7, 11) is 23.6. The fourth-order valence-corrected chi connectivity index (χ4v) is 20.1. The molecule has 12 rings (SSSR count). The van der Waals surface area contributed by atoms with Gasteiger partial charge in [-0.05, 0) is 288 Å². The van der Waals surface area contributed by atoms with Crippen LogP contribution in [0.4, 0.5) is 0 Å². The molecule has 8 aromatic rings. The Morgan fingerprint density at radius 2 is 0.312 bits per heavy atom. The third-order valence-electron chi connectivity index (χ3n) is 31.7. The van der Waals surface area contributed by atoms with Crippen LogP contribution in [0.1, 0.15) is 239 Å². The average Bonchev–Trinajstić information content (AvgIpc) is 1.25. The molecule has 0 heterocycles. The predicted octanol–water partition coefficient (Wildman–Crippen LogP) is 29.3. The Hall–Kier alpha value is -3.02. The Bertz CT molecular complexity index is 3510. The Labute approximate surface area is 911 Å². The van der Waals surface area contributed by atoms with Crippen LogP contribution < -0.4 is 0 Å². The number of phenols is 2. The number of benzene rings is 8. The Kier molecular flexibility index (Phi) is 88.2. The zero-order valence-electron chi connectivity index (χ0n) is 93.2. The molecular weight excluding hydrogens is 1930 g/mol. The van der Waals surface area contributed by atoms with E-state index in [0.29, 0.717) is 11.5 Å². The van der Waals surface area contributed by atoms with Crippen molar-refractivity contribution in [2.24, 2.45) is 118 Å². The normalized spacial score (nSPS) is 22.8. The summed E-state index contributed by atoms with van der Waals surface area (Å²) >= 11 is -1.11. The number of phenolic OH excluding ortho intramolecular Hbond substituents is 2. The topological polar surface area (TPSA) is 197 Å². The molecule has 138 heavy (non-hydrogen) atoms. The molecule has 0 saturated heterocycles. The molecule has 4 aliphatic carbocycles. The molecule has 4 fully saturated rings. The molecule has 8 aromatic carbocycles. The molecule has 0 atom stereocenters. The van der Waals surface area contributed by atoms with Crippen LogP contribution >= 0.6 is 37.2 Å². The second-order valence-electron chi connectivity index (χ2n) is 39.0. The number of aromatic hydroxyl groups is 2. The molecule has 10 N–H and O–H groups in total. The summed E-state index contributed by atoms with van der Waals surface area (Å²) in [6, 6.07) is 61.0. The molecule has 0 amide bonds. The minimum absolute atomic E-state index is 0. The van der Waals surface area contributed by atoms with Crippen LogP contribution in [-0.2, 0) is 130 Å². The Morgan fingerprint density at radius 3 is 0.428 bits per heavy atom. The van der Waals surface area contributed by atoms with Gasteiger partial charge in [-0.2, -0.15) is 0 Å². The van der Waals surface area contributed by atoms with Crippen molar-refractivity contribution < 1.29 is 119 Å². The van der Waals surface area contributed by atoms with E-state index in [-0.39, 0.29) is 84.1 Å².